The van der Waals surface area contributed by atoms with Crippen molar-refractivity contribution in [2.45, 2.75) is 213 Å². The zero-order chi connectivity index (χ0) is 45.7. The summed E-state index contributed by atoms with van der Waals surface area (Å²) < 4.78 is 47.4. The fourth-order valence-corrected chi connectivity index (χ4v) is 8.36. The highest BCUT2D eigenvalue weighted by Gasteiger charge is 2.53. The van der Waals surface area contributed by atoms with Crippen molar-refractivity contribution in [1.82, 2.24) is 0 Å². The molecule has 0 aromatic heterocycles. The van der Waals surface area contributed by atoms with Gasteiger partial charge in [0.05, 0.1) is 50.8 Å². The minimum Gasteiger partial charge on any atom is -0.394 e. The Labute approximate surface area is 361 Å². The van der Waals surface area contributed by atoms with Crippen LogP contribution in [0.5, 0.6) is 0 Å². The number of rotatable bonds is 25. The molecule has 22 heteroatoms. The summed E-state index contributed by atoms with van der Waals surface area (Å²) in [7, 11) is 0. The molecular formula is C40H74O22. The molecule has 0 aromatic rings. The first kappa shape index (κ1) is 53.7. The van der Waals surface area contributed by atoms with Crippen molar-refractivity contribution in [3.63, 3.8) is 0 Å². The van der Waals surface area contributed by atoms with E-state index in [4.69, 9.17) is 37.9 Å². The van der Waals surface area contributed by atoms with Crippen LogP contribution < -0.4 is 0 Å². The first-order chi connectivity index (χ1) is 29.7. The van der Waals surface area contributed by atoms with Crippen LogP contribution in [0.2, 0.25) is 0 Å². The summed E-state index contributed by atoms with van der Waals surface area (Å²) in [5.41, 5.74) is 0. The average molecular weight is 907 g/mol. The number of aliphatic hydroxyl groups is 14. The maximum Gasteiger partial charge on any atom is 0.187 e. The Kier molecular flexibility index (Phi) is 22.9. The molecule has 4 rings (SSSR count). The fraction of sp³-hybridized carbons (Fsp3) is 1.00. The fourth-order valence-electron chi connectivity index (χ4n) is 8.36. The number of ether oxygens (including phenoxy) is 8. The van der Waals surface area contributed by atoms with Crippen LogP contribution in [0.15, 0.2) is 0 Å². The van der Waals surface area contributed by atoms with Crippen LogP contribution in [-0.4, -0.2) is 246 Å². The van der Waals surface area contributed by atoms with Gasteiger partial charge in [-0.3, -0.25) is 0 Å². The molecule has 14 N–H and O–H groups in total. The van der Waals surface area contributed by atoms with Crippen LogP contribution in [-0.2, 0) is 37.9 Å². The minimum atomic E-state index is -1.84. The summed E-state index contributed by atoms with van der Waals surface area (Å²) in [5, 5.41) is 148. The van der Waals surface area contributed by atoms with Crippen LogP contribution in [0.3, 0.4) is 0 Å². The third-order valence-corrected chi connectivity index (χ3v) is 12.2. The Morgan fingerprint density at radius 1 is 0.371 bits per heavy atom. The molecule has 2 unspecified atom stereocenters. The topological polar surface area (TPSA) is 357 Å². The summed E-state index contributed by atoms with van der Waals surface area (Å²) in [6.45, 7) is 1.55. The van der Waals surface area contributed by atoms with E-state index in [-0.39, 0.29) is 26.1 Å². The zero-order valence-corrected chi connectivity index (χ0v) is 35.5. The Hall–Kier alpha value is -0.880. The lowest BCUT2D eigenvalue weighted by Crippen LogP contribution is -2.65. The molecule has 4 aliphatic rings. The van der Waals surface area contributed by atoms with E-state index in [1.807, 2.05) is 13.8 Å². The second-order valence-electron chi connectivity index (χ2n) is 16.8. The third-order valence-electron chi connectivity index (χ3n) is 12.2. The monoisotopic (exact) mass is 906 g/mol. The zero-order valence-electron chi connectivity index (χ0n) is 35.5. The molecule has 0 saturated carbocycles. The molecule has 0 aliphatic carbocycles. The van der Waals surface area contributed by atoms with Gasteiger partial charge in [-0.15, -0.1) is 0 Å². The van der Waals surface area contributed by atoms with Crippen LogP contribution in [0.4, 0.5) is 0 Å². The SMILES string of the molecule is CCCCCCOC(C[C@@H]1O[C@H](CO)[C@@H](O[C@@H]2O[C@H](CO)[C@@H](O)[C@H](O)[C@H]2O)[C@H](O)[C@H]1O)C(C[C@@H]1O[C@H](CO)[C@@H](O[C@@H]2O[C@H](CO)[C@@H](O)[C@H](O)[C@H]2O)[C@H](O)[C@H]1O)OCCCCCC. The predicted molar refractivity (Wildman–Crippen MR) is 210 cm³/mol. The molecule has 366 valence electrons. The van der Waals surface area contributed by atoms with E-state index in [2.05, 4.69) is 0 Å². The normalized spacial score (nSPS) is 42.8. The maximum atomic E-state index is 11.5. The van der Waals surface area contributed by atoms with Crippen molar-refractivity contribution >= 4 is 0 Å². The van der Waals surface area contributed by atoms with E-state index in [9.17, 15) is 71.5 Å². The molecule has 0 bridgehead atoms. The number of hydrogen-bond donors (Lipinski definition) is 14. The Bertz CT molecular complexity index is 1130. The van der Waals surface area contributed by atoms with Crippen molar-refractivity contribution in [3.8, 4) is 0 Å². The molecule has 4 saturated heterocycles. The van der Waals surface area contributed by atoms with E-state index in [1.54, 1.807) is 0 Å². The molecule has 62 heavy (non-hydrogen) atoms. The molecule has 22 atom stereocenters. The Morgan fingerprint density at radius 3 is 1.03 bits per heavy atom. The van der Waals surface area contributed by atoms with E-state index in [0.29, 0.717) is 12.8 Å². The second kappa shape index (κ2) is 26.5. The van der Waals surface area contributed by atoms with E-state index in [1.165, 1.54) is 0 Å². The third kappa shape index (κ3) is 13.6. The van der Waals surface area contributed by atoms with Crippen molar-refractivity contribution in [3.05, 3.63) is 0 Å². The van der Waals surface area contributed by atoms with Gasteiger partial charge in [0, 0.05) is 26.1 Å². The quantitative estimate of drug-likeness (QED) is 0.0382. The van der Waals surface area contributed by atoms with Gasteiger partial charge in [0.25, 0.3) is 0 Å². The van der Waals surface area contributed by atoms with Crippen LogP contribution in [0, 0.1) is 0 Å². The summed E-state index contributed by atoms with van der Waals surface area (Å²) in [5.74, 6) is 0. The molecule has 0 radical (unpaired) electrons. The van der Waals surface area contributed by atoms with Crippen LogP contribution >= 0.6 is 0 Å². The highest BCUT2D eigenvalue weighted by Crippen LogP contribution is 2.35. The second-order valence-corrected chi connectivity index (χ2v) is 16.8. The Morgan fingerprint density at radius 2 is 0.710 bits per heavy atom. The molecule has 0 aromatic carbocycles. The van der Waals surface area contributed by atoms with Gasteiger partial charge in [0.15, 0.2) is 12.6 Å². The highest BCUT2D eigenvalue weighted by molar-refractivity contribution is 4.99. The molecule has 22 nitrogen and oxygen atoms in total. The van der Waals surface area contributed by atoms with Crippen LogP contribution in [0.25, 0.3) is 0 Å². The van der Waals surface area contributed by atoms with Crippen LogP contribution in [0.1, 0.15) is 78.1 Å². The summed E-state index contributed by atoms with van der Waals surface area (Å²) in [4.78, 5) is 0. The van der Waals surface area contributed by atoms with Gasteiger partial charge in [0.2, 0.25) is 0 Å². The van der Waals surface area contributed by atoms with Gasteiger partial charge in [-0.1, -0.05) is 52.4 Å². The highest BCUT2D eigenvalue weighted by atomic mass is 16.7. The largest absolute Gasteiger partial charge is 0.394 e. The van der Waals surface area contributed by atoms with Crippen molar-refractivity contribution in [2.75, 3.05) is 39.6 Å². The van der Waals surface area contributed by atoms with Crippen molar-refractivity contribution < 1.29 is 109 Å². The van der Waals surface area contributed by atoms with E-state index in [0.717, 1.165) is 38.5 Å². The first-order valence-corrected chi connectivity index (χ1v) is 22.1. The standard InChI is InChI=1S/C40H74O22/c1-3-5-7-9-11-55-19(13-21-27(45)33(51)37(25(17-43)57-21)61-39-35(53)31(49)29(47)23(15-41)59-39)20(56-12-10-8-6-4-2)14-22-28(46)34(52)38(26(18-44)58-22)62-40-36(54)32(50)30(48)24(16-42)60-40/h19-54H,3-18H2,1-2H3/t19?,20?,21-,22-,23+,24+,25+,26+,27-,28-,29+,30+,31-,32-,33+,34+,35+,36+,37+,38+,39-,40-/m0/s1. The molecule has 0 spiro atoms. The minimum absolute atomic E-state index is 0.160. The summed E-state index contributed by atoms with van der Waals surface area (Å²) in [6, 6.07) is 0. The van der Waals surface area contributed by atoms with Gasteiger partial charge >= 0.3 is 0 Å². The van der Waals surface area contributed by atoms with Crippen molar-refractivity contribution in [1.29, 1.82) is 0 Å². The predicted octanol–water partition coefficient (Wildman–Crippen LogP) is -4.97. The van der Waals surface area contributed by atoms with E-state index >= 15 is 0 Å². The molecule has 4 aliphatic heterocycles. The molecule has 4 heterocycles. The number of unbranched alkanes of at least 4 members (excludes halogenated alkanes) is 6. The maximum absolute atomic E-state index is 11.5. The first-order valence-electron chi connectivity index (χ1n) is 22.1. The molecular weight excluding hydrogens is 832 g/mol. The molecule has 4 fully saturated rings. The van der Waals surface area contributed by atoms with Crippen molar-refractivity contribution in [2.24, 2.45) is 0 Å². The number of hydrogen-bond acceptors (Lipinski definition) is 22. The lowest BCUT2D eigenvalue weighted by molar-refractivity contribution is -0.344. The van der Waals surface area contributed by atoms with Gasteiger partial charge < -0.3 is 109 Å². The van der Waals surface area contributed by atoms with Gasteiger partial charge in [-0.25, -0.2) is 0 Å². The average Bonchev–Trinajstić information content (AvgIpc) is 3.27. The van der Waals surface area contributed by atoms with E-state index < -0.39 is 161 Å². The Balaban J connectivity index is 1.55. The van der Waals surface area contributed by atoms with Gasteiger partial charge in [0.1, 0.15) is 97.7 Å². The number of aliphatic hydroxyl groups excluding tert-OH is 14. The lowest BCUT2D eigenvalue weighted by Gasteiger charge is -2.47. The lowest BCUT2D eigenvalue weighted by atomic mass is 9.87. The summed E-state index contributed by atoms with van der Waals surface area (Å²) >= 11 is 0. The molecule has 0 amide bonds. The smallest absolute Gasteiger partial charge is 0.187 e. The van der Waals surface area contributed by atoms with Gasteiger partial charge in [-0.2, -0.15) is 0 Å². The van der Waals surface area contributed by atoms with Gasteiger partial charge in [-0.05, 0) is 12.8 Å². The summed E-state index contributed by atoms with van der Waals surface area (Å²) in [6.07, 6.45) is -27.4.